The van der Waals surface area contributed by atoms with E-state index in [2.05, 4.69) is 130 Å². The Labute approximate surface area is 463 Å². The van der Waals surface area contributed by atoms with Crippen LogP contribution >= 0.6 is 0 Å². The van der Waals surface area contributed by atoms with Crippen molar-refractivity contribution in [2.45, 2.75) is 297 Å². The van der Waals surface area contributed by atoms with Crippen molar-refractivity contribution in [3.05, 3.63) is 109 Å². The van der Waals surface area contributed by atoms with Crippen LogP contribution in [-0.2, 0) is 28.6 Å². The van der Waals surface area contributed by atoms with Crippen LogP contribution in [0.1, 0.15) is 290 Å². The zero-order valence-corrected chi connectivity index (χ0v) is 49.0. The SMILES string of the molecule is CC/C=C\C/C=C\C/C=C\C/C=C\C/C=C\C/C=C\CCCCCCCCCCCCCCCCC(=O)OCC(COC(=O)CCCCCCC/C=C\CCC)OC(=O)CCCCCCC/C=C\C/C=C\CCCC. The molecule has 0 radical (unpaired) electrons. The molecule has 0 aliphatic heterocycles. The van der Waals surface area contributed by atoms with Gasteiger partial charge in [-0.15, -0.1) is 0 Å². The van der Waals surface area contributed by atoms with Crippen LogP contribution in [0.2, 0.25) is 0 Å². The second kappa shape index (κ2) is 62.6. The first kappa shape index (κ1) is 71.1. The van der Waals surface area contributed by atoms with Gasteiger partial charge in [-0.2, -0.15) is 0 Å². The molecule has 0 bridgehead atoms. The van der Waals surface area contributed by atoms with Crippen molar-refractivity contribution in [1.82, 2.24) is 0 Å². The Bertz CT molecular complexity index is 1520. The molecule has 1 atom stereocenters. The number of hydrogen-bond acceptors (Lipinski definition) is 6. The van der Waals surface area contributed by atoms with Gasteiger partial charge >= 0.3 is 17.9 Å². The number of carbonyl (C=O) groups is 3. The van der Waals surface area contributed by atoms with Crippen LogP contribution in [0.25, 0.3) is 0 Å². The maximum absolute atomic E-state index is 12.8. The van der Waals surface area contributed by atoms with Crippen molar-refractivity contribution < 1.29 is 28.6 Å². The van der Waals surface area contributed by atoms with Crippen molar-refractivity contribution in [1.29, 1.82) is 0 Å². The molecule has 0 amide bonds. The van der Waals surface area contributed by atoms with Gasteiger partial charge in [0.1, 0.15) is 13.2 Å². The molecule has 0 spiro atoms. The van der Waals surface area contributed by atoms with E-state index >= 15 is 0 Å². The smallest absolute Gasteiger partial charge is 0.306 e. The summed E-state index contributed by atoms with van der Waals surface area (Å²) in [5.41, 5.74) is 0. The molecule has 0 saturated carbocycles. The standard InChI is InChI=1S/C69H116O6/c1-4-7-10-13-16-19-22-24-26-27-28-29-30-31-32-33-34-35-36-37-38-39-40-41-42-43-44-46-47-50-53-56-59-62-68(71)74-65-66(64-73-67(70)61-58-55-52-49-21-18-15-12-9-6-3)75-69(72)63-60-57-54-51-48-45-25-23-20-17-14-11-8-5-2/h7,10,12,14-17,19,23-26,28-29,31-32,34-35,66H,4-6,8-9,11,13,18,20-22,27,30,33,36-65H2,1-3H3/b10-7-,15-12-,17-14-,19-16-,25-23-,26-24-,29-28-,32-31-,35-34-. The van der Waals surface area contributed by atoms with Crippen molar-refractivity contribution in [2.75, 3.05) is 13.2 Å². The van der Waals surface area contributed by atoms with Crippen molar-refractivity contribution in [2.24, 2.45) is 0 Å². The molecule has 1 unspecified atom stereocenters. The fraction of sp³-hybridized carbons (Fsp3) is 0.696. The largest absolute Gasteiger partial charge is 0.462 e. The molecule has 428 valence electrons. The molecular weight excluding hydrogens is 925 g/mol. The summed E-state index contributed by atoms with van der Waals surface area (Å²) < 4.78 is 16.8. The summed E-state index contributed by atoms with van der Waals surface area (Å²) in [4.78, 5) is 38.1. The van der Waals surface area contributed by atoms with E-state index in [1.54, 1.807) is 0 Å². The van der Waals surface area contributed by atoms with Gasteiger partial charge in [0, 0.05) is 19.3 Å². The van der Waals surface area contributed by atoms with Gasteiger partial charge in [-0.3, -0.25) is 14.4 Å². The van der Waals surface area contributed by atoms with Crippen molar-refractivity contribution in [3.63, 3.8) is 0 Å². The molecule has 0 saturated heterocycles. The second-order valence-electron chi connectivity index (χ2n) is 20.6. The molecule has 0 rings (SSSR count). The first-order valence-corrected chi connectivity index (χ1v) is 31.4. The van der Waals surface area contributed by atoms with Gasteiger partial charge in [-0.1, -0.05) is 265 Å². The number of hydrogen-bond donors (Lipinski definition) is 0. The van der Waals surface area contributed by atoms with Gasteiger partial charge in [0.2, 0.25) is 0 Å². The highest BCUT2D eigenvalue weighted by atomic mass is 16.6. The van der Waals surface area contributed by atoms with E-state index in [1.807, 2.05) is 0 Å². The average Bonchev–Trinajstić information content (AvgIpc) is 3.41. The minimum atomic E-state index is -0.788. The molecule has 0 fully saturated rings. The molecule has 6 nitrogen and oxygen atoms in total. The van der Waals surface area contributed by atoms with Crippen LogP contribution in [0.5, 0.6) is 0 Å². The monoisotopic (exact) mass is 1040 g/mol. The fourth-order valence-corrected chi connectivity index (χ4v) is 8.52. The Morgan fingerprint density at radius 1 is 0.280 bits per heavy atom. The van der Waals surface area contributed by atoms with E-state index in [-0.39, 0.29) is 31.1 Å². The van der Waals surface area contributed by atoms with E-state index in [1.165, 1.54) is 116 Å². The van der Waals surface area contributed by atoms with Gasteiger partial charge in [-0.25, -0.2) is 0 Å². The highest BCUT2D eigenvalue weighted by molar-refractivity contribution is 5.71. The first-order valence-electron chi connectivity index (χ1n) is 31.4. The summed E-state index contributed by atoms with van der Waals surface area (Å²) in [5.74, 6) is -0.908. The number of unbranched alkanes of at least 4 members (excludes halogenated alkanes) is 27. The van der Waals surface area contributed by atoms with Crippen molar-refractivity contribution in [3.8, 4) is 0 Å². The van der Waals surface area contributed by atoms with Crippen LogP contribution in [0, 0.1) is 0 Å². The third kappa shape index (κ3) is 60.8. The Morgan fingerprint density at radius 3 is 0.880 bits per heavy atom. The lowest BCUT2D eigenvalue weighted by atomic mass is 10.0. The third-order valence-corrected chi connectivity index (χ3v) is 13.2. The molecule has 0 aromatic heterocycles. The van der Waals surface area contributed by atoms with Crippen LogP contribution in [0.4, 0.5) is 0 Å². The Morgan fingerprint density at radius 2 is 0.547 bits per heavy atom. The second-order valence-corrected chi connectivity index (χ2v) is 20.6. The van der Waals surface area contributed by atoms with E-state index in [4.69, 9.17) is 14.2 Å². The molecule has 0 aliphatic rings. The number of esters is 3. The zero-order chi connectivity index (χ0) is 54.3. The normalized spacial score (nSPS) is 12.8. The average molecular weight is 1040 g/mol. The topological polar surface area (TPSA) is 78.9 Å². The third-order valence-electron chi connectivity index (χ3n) is 13.2. The lowest BCUT2D eigenvalue weighted by Crippen LogP contribution is -2.30. The maximum Gasteiger partial charge on any atom is 0.306 e. The fourth-order valence-electron chi connectivity index (χ4n) is 8.52. The summed E-state index contributed by atoms with van der Waals surface area (Å²) in [7, 11) is 0. The molecule has 0 aliphatic carbocycles. The number of rotatable bonds is 56. The first-order chi connectivity index (χ1) is 37.0. The Kier molecular flexibility index (Phi) is 59.3. The quantitative estimate of drug-likeness (QED) is 0.0261. The predicted octanol–water partition coefficient (Wildman–Crippen LogP) is 21.4. The van der Waals surface area contributed by atoms with E-state index < -0.39 is 6.10 Å². The molecule has 75 heavy (non-hydrogen) atoms. The number of carbonyl (C=O) groups excluding carboxylic acids is 3. The highest BCUT2D eigenvalue weighted by Gasteiger charge is 2.19. The van der Waals surface area contributed by atoms with Crippen LogP contribution in [0.15, 0.2) is 109 Å². The summed E-state index contributed by atoms with van der Waals surface area (Å²) >= 11 is 0. The van der Waals surface area contributed by atoms with E-state index in [0.717, 1.165) is 135 Å². The molecule has 0 aromatic rings. The molecule has 0 aromatic carbocycles. The van der Waals surface area contributed by atoms with Gasteiger partial charge in [0.15, 0.2) is 6.10 Å². The zero-order valence-electron chi connectivity index (χ0n) is 49.0. The van der Waals surface area contributed by atoms with Gasteiger partial charge in [-0.05, 0) is 116 Å². The van der Waals surface area contributed by atoms with Crippen molar-refractivity contribution >= 4 is 17.9 Å². The maximum atomic E-state index is 12.8. The highest BCUT2D eigenvalue weighted by Crippen LogP contribution is 2.16. The Hall–Kier alpha value is -3.93. The minimum Gasteiger partial charge on any atom is -0.462 e. The summed E-state index contributed by atoms with van der Waals surface area (Å²) in [6, 6.07) is 0. The number of ether oxygens (including phenoxy) is 3. The Balaban J connectivity index is 4.13. The van der Waals surface area contributed by atoms with Crippen LogP contribution in [0.3, 0.4) is 0 Å². The van der Waals surface area contributed by atoms with Gasteiger partial charge < -0.3 is 14.2 Å². The predicted molar refractivity (Wildman–Crippen MR) is 325 cm³/mol. The van der Waals surface area contributed by atoms with E-state index in [9.17, 15) is 14.4 Å². The van der Waals surface area contributed by atoms with E-state index in [0.29, 0.717) is 19.3 Å². The van der Waals surface area contributed by atoms with Gasteiger partial charge in [0.25, 0.3) is 0 Å². The summed E-state index contributed by atoms with van der Waals surface area (Å²) in [5, 5.41) is 0. The minimum absolute atomic E-state index is 0.0856. The molecule has 0 N–H and O–H groups in total. The van der Waals surface area contributed by atoms with Crippen LogP contribution in [-0.4, -0.2) is 37.2 Å². The summed E-state index contributed by atoms with van der Waals surface area (Å²) in [6.07, 6.45) is 85.4. The number of allylic oxidation sites excluding steroid dienone is 18. The lowest BCUT2D eigenvalue weighted by Gasteiger charge is -2.18. The summed E-state index contributed by atoms with van der Waals surface area (Å²) in [6.45, 7) is 6.41. The van der Waals surface area contributed by atoms with Crippen LogP contribution < -0.4 is 0 Å². The molecule has 6 heteroatoms. The lowest BCUT2D eigenvalue weighted by molar-refractivity contribution is -0.167. The molecular formula is C69H116O6. The molecule has 0 heterocycles. The van der Waals surface area contributed by atoms with Gasteiger partial charge in [0.05, 0.1) is 0 Å².